The van der Waals surface area contributed by atoms with Crippen LogP contribution in [0.2, 0.25) is 0 Å². The number of nitrogens with zero attached hydrogens (tertiary/aromatic N) is 1. The zero-order chi connectivity index (χ0) is 11.8. The molecule has 0 spiro atoms. The summed E-state index contributed by atoms with van der Waals surface area (Å²) in [4.78, 5) is 2.48. The standard InChI is InChI=1S/C14H19N3/c15-14(16)10-4-6-13(7-5-10)17-8-11-2-1-3-12(11)9-17/h4-7,11-12H,1-3,8-9H2,(H3,15,16). The average Bonchev–Trinajstić information content (AvgIpc) is 2.89. The number of nitrogens with one attached hydrogen (secondary N) is 1. The highest BCUT2D eigenvalue weighted by molar-refractivity contribution is 5.95. The van der Waals surface area contributed by atoms with Crippen molar-refractivity contribution in [2.24, 2.45) is 17.6 Å². The van der Waals surface area contributed by atoms with Gasteiger partial charge in [-0.05, 0) is 48.9 Å². The molecule has 3 heteroatoms. The van der Waals surface area contributed by atoms with Gasteiger partial charge in [-0.3, -0.25) is 5.41 Å². The quantitative estimate of drug-likeness (QED) is 0.603. The molecule has 2 fully saturated rings. The normalized spacial score (nSPS) is 27.2. The van der Waals surface area contributed by atoms with E-state index in [0.717, 1.165) is 17.4 Å². The first kappa shape index (κ1) is 10.6. The molecule has 0 aromatic heterocycles. The summed E-state index contributed by atoms with van der Waals surface area (Å²) in [7, 11) is 0. The first-order chi connectivity index (χ1) is 8.24. The third-order valence-electron chi connectivity index (χ3n) is 4.27. The van der Waals surface area contributed by atoms with Crippen LogP contribution in [0.3, 0.4) is 0 Å². The van der Waals surface area contributed by atoms with Gasteiger partial charge in [0.25, 0.3) is 0 Å². The lowest BCUT2D eigenvalue weighted by Crippen LogP contribution is -2.20. The Morgan fingerprint density at radius 2 is 1.71 bits per heavy atom. The number of nitrogen functional groups attached to an aromatic ring is 1. The van der Waals surface area contributed by atoms with Crippen LogP contribution in [-0.2, 0) is 0 Å². The van der Waals surface area contributed by atoms with Gasteiger partial charge in [-0.25, -0.2) is 0 Å². The molecule has 1 saturated carbocycles. The van der Waals surface area contributed by atoms with Crippen molar-refractivity contribution in [2.75, 3.05) is 18.0 Å². The number of rotatable bonds is 2. The van der Waals surface area contributed by atoms with E-state index >= 15 is 0 Å². The molecule has 1 aliphatic heterocycles. The Kier molecular flexibility index (Phi) is 2.54. The van der Waals surface area contributed by atoms with Crippen molar-refractivity contribution >= 4 is 11.5 Å². The molecule has 90 valence electrons. The number of fused-ring (bicyclic) bond motifs is 1. The zero-order valence-electron chi connectivity index (χ0n) is 10.0. The summed E-state index contributed by atoms with van der Waals surface area (Å²) in [5, 5.41) is 7.38. The van der Waals surface area contributed by atoms with Crippen LogP contribution in [0, 0.1) is 17.2 Å². The third-order valence-corrected chi connectivity index (χ3v) is 4.27. The molecule has 2 atom stereocenters. The second kappa shape index (κ2) is 4.06. The van der Waals surface area contributed by atoms with E-state index in [0.29, 0.717) is 0 Å². The maximum Gasteiger partial charge on any atom is 0.122 e. The topological polar surface area (TPSA) is 53.1 Å². The SMILES string of the molecule is N=C(N)c1ccc(N2CC3CCCC3C2)cc1. The molecular weight excluding hydrogens is 210 g/mol. The van der Waals surface area contributed by atoms with Crippen LogP contribution in [0.5, 0.6) is 0 Å². The summed E-state index contributed by atoms with van der Waals surface area (Å²) < 4.78 is 0. The fraction of sp³-hybridized carbons (Fsp3) is 0.500. The summed E-state index contributed by atoms with van der Waals surface area (Å²) >= 11 is 0. The number of hydrogen-bond acceptors (Lipinski definition) is 2. The third kappa shape index (κ3) is 1.90. The second-order valence-corrected chi connectivity index (χ2v) is 5.32. The van der Waals surface area contributed by atoms with Crippen molar-refractivity contribution in [3.05, 3.63) is 29.8 Å². The average molecular weight is 229 g/mol. The highest BCUT2D eigenvalue weighted by Gasteiger charge is 2.35. The van der Waals surface area contributed by atoms with E-state index < -0.39 is 0 Å². The van der Waals surface area contributed by atoms with E-state index in [1.807, 2.05) is 12.1 Å². The van der Waals surface area contributed by atoms with E-state index in [9.17, 15) is 0 Å². The molecular formula is C14H19N3. The first-order valence-electron chi connectivity index (χ1n) is 6.43. The van der Waals surface area contributed by atoms with Gasteiger partial charge in [0.1, 0.15) is 5.84 Å². The highest BCUT2D eigenvalue weighted by atomic mass is 15.2. The molecule has 17 heavy (non-hydrogen) atoms. The van der Waals surface area contributed by atoms with Gasteiger partial charge in [-0.15, -0.1) is 0 Å². The predicted molar refractivity (Wildman–Crippen MR) is 70.5 cm³/mol. The van der Waals surface area contributed by atoms with Crippen molar-refractivity contribution < 1.29 is 0 Å². The lowest BCUT2D eigenvalue weighted by atomic mass is 10.0. The predicted octanol–water partition coefficient (Wildman–Crippen LogP) is 2.21. The van der Waals surface area contributed by atoms with Gasteiger partial charge in [-0.1, -0.05) is 6.42 Å². The van der Waals surface area contributed by atoms with E-state index in [1.54, 1.807) is 0 Å². The van der Waals surface area contributed by atoms with E-state index in [4.69, 9.17) is 11.1 Å². The Morgan fingerprint density at radius 3 is 2.24 bits per heavy atom. The molecule has 2 aliphatic rings. The summed E-state index contributed by atoms with van der Waals surface area (Å²) in [6.45, 7) is 2.42. The fourth-order valence-corrected chi connectivity index (χ4v) is 3.30. The summed E-state index contributed by atoms with van der Waals surface area (Å²) in [5.41, 5.74) is 7.56. The molecule has 1 aromatic rings. The number of nitrogens with two attached hydrogens (primary N) is 1. The molecule has 3 rings (SSSR count). The van der Waals surface area contributed by atoms with Gasteiger partial charge in [0.2, 0.25) is 0 Å². The minimum absolute atomic E-state index is 0.148. The van der Waals surface area contributed by atoms with Crippen LogP contribution in [0.15, 0.2) is 24.3 Å². The van der Waals surface area contributed by atoms with Crippen molar-refractivity contribution in [2.45, 2.75) is 19.3 Å². The molecule has 1 aliphatic carbocycles. The van der Waals surface area contributed by atoms with E-state index in [1.165, 1.54) is 38.0 Å². The smallest absolute Gasteiger partial charge is 0.122 e. The van der Waals surface area contributed by atoms with Gasteiger partial charge < -0.3 is 10.6 Å². The lowest BCUT2D eigenvalue weighted by Gasteiger charge is -2.19. The van der Waals surface area contributed by atoms with E-state index in [2.05, 4.69) is 17.0 Å². The van der Waals surface area contributed by atoms with Crippen LogP contribution in [0.4, 0.5) is 5.69 Å². The van der Waals surface area contributed by atoms with Gasteiger partial charge in [0.05, 0.1) is 0 Å². The Bertz CT molecular complexity index is 412. The maximum atomic E-state index is 7.38. The largest absolute Gasteiger partial charge is 0.384 e. The number of amidine groups is 1. The van der Waals surface area contributed by atoms with Crippen LogP contribution >= 0.6 is 0 Å². The molecule has 0 amide bonds. The Morgan fingerprint density at radius 1 is 1.12 bits per heavy atom. The van der Waals surface area contributed by atoms with Gasteiger partial charge in [-0.2, -0.15) is 0 Å². The first-order valence-corrected chi connectivity index (χ1v) is 6.43. The van der Waals surface area contributed by atoms with E-state index in [-0.39, 0.29) is 5.84 Å². The minimum atomic E-state index is 0.148. The molecule has 3 N–H and O–H groups in total. The Labute approximate surface area is 102 Å². The van der Waals surface area contributed by atoms with Crippen molar-refractivity contribution in [1.29, 1.82) is 5.41 Å². The van der Waals surface area contributed by atoms with Crippen molar-refractivity contribution in [1.82, 2.24) is 0 Å². The monoisotopic (exact) mass is 229 g/mol. The minimum Gasteiger partial charge on any atom is -0.384 e. The lowest BCUT2D eigenvalue weighted by molar-refractivity contribution is 0.494. The molecule has 0 bridgehead atoms. The Hall–Kier alpha value is -1.51. The molecule has 1 saturated heterocycles. The second-order valence-electron chi connectivity index (χ2n) is 5.32. The maximum absolute atomic E-state index is 7.38. The zero-order valence-corrected chi connectivity index (χ0v) is 10.0. The molecule has 2 unspecified atom stereocenters. The number of anilines is 1. The molecule has 1 aromatic carbocycles. The van der Waals surface area contributed by atoms with Gasteiger partial charge in [0.15, 0.2) is 0 Å². The van der Waals surface area contributed by atoms with Crippen LogP contribution < -0.4 is 10.6 Å². The molecule has 0 radical (unpaired) electrons. The summed E-state index contributed by atoms with van der Waals surface area (Å²) in [6.07, 6.45) is 4.24. The summed E-state index contributed by atoms with van der Waals surface area (Å²) in [5.74, 6) is 1.99. The highest BCUT2D eigenvalue weighted by Crippen LogP contribution is 2.39. The number of hydrogen-bond donors (Lipinski definition) is 2. The number of benzene rings is 1. The van der Waals surface area contributed by atoms with Crippen molar-refractivity contribution in [3.8, 4) is 0 Å². The Balaban J connectivity index is 1.75. The summed E-state index contributed by atoms with van der Waals surface area (Å²) in [6, 6.07) is 8.09. The van der Waals surface area contributed by atoms with Crippen LogP contribution in [0.1, 0.15) is 24.8 Å². The van der Waals surface area contributed by atoms with Crippen molar-refractivity contribution in [3.63, 3.8) is 0 Å². The molecule has 3 nitrogen and oxygen atoms in total. The fourth-order valence-electron chi connectivity index (χ4n) is 3.30. The van der Waals surface area contributed by atoms with Crippen LogP contribution in [-0.4, -0.2) is 18.9 Å². The van der Waals surface area contributed by atoms with Gasteiger partial charge in [0, 0.05) is 24.3 Å². The van der Waals surface area contributed by atoms with Crippen LogP contribution in [0.25, 0.3) is 0 Å². The molecule has 1 heterocycles. The van der Waals surface area contributed by atoms with Gasteiger partial charge >= 0.3 is 0 Å².